The predicted octanol–water partition coefficient (Wildman–Crippen LogP) is 2.27. The molecule has 0 saturated heterocycles. The van der Waals surface area contributed by atoms with E-state index in [1.165, 1.54) is 6.92 Å². The number of carbonyl (C=O) groups is 1. The van der Waals surface area contributed by atoms with Crippen LogP contribution in [0.25, 0.3) is 11.0 Å². The number of benzene rings is 1. The molecule has 2 rings (SSSR count). The average Bonchev–Trinajstić information content (AvgIpc) is 2.47. The zero-order valence-electron chi connectivity index (χ0n) is 7.78. The number of fused-ring (bicyclic) bond motifs is 1. The Kier molecular flexibility index (Phi) is 2.00. The zero-order chi connectivity index (χ0) is 10.1. The van der Waals surface area contributed by atoms with Gasteiger partial charge in [0.25, 0.3) is 0 Å². The topological polar surface area (TPSA) is 50.4 Å². The minimum Gasteiger partial charge on any atom is -0.507 e. The Balaban J connectivity index is 2.51. The van der Waals surface area contributed by atoms with Crippen molar-refractivity contribution in [2.45, 2.75) is 13.3 Å². The van der Waals surface area contributed by atoms with Crippen molar-refractivity contribution in [3.63, 3.8) is 0 Å². The third-order valence-electron chi connectivity index (χ3n) is 2.01. The molecule has 0 aliphatic heterocycles. The van der Waals surface area contributed by atoms with E-state index in [0.29, 0.717) is 16.7 Å². The molecule has 0 aliphatic carbocycles. The molecule has 0 aliphatic rings. The molecule has 0 radical (unpaired) electrons. The van der Waals surface area contributed by atoms with Gasteiger partial charge in [0.15, 0.2) is 0 Å². The molecule has 14 heavy (non-hydrogen) atoms. The van der Waals surface area contributed by atoms with Crippen molar-refractivity contribution < 1.29 is 14.3 Å². The van der Waals surface area contributed by atoms with Crippen LogP contribution in [0.5, 0.6) is 5.75 Å². The molecule has 1 N–H and O–H groups in total. The van der Waals surface area contributed by atoms with Crippen molar-refractivity contribution in [3.05, 3.63) is 30.0 Å². The van der Waals surface area contributed by atoms with Gasteiger partial charge in [-0.1, -0.05) is 6.07 Å². The highest BCUT2D eigenvalue weighted by Crippen LogP contribution is 2.27. The van der Waals surface area contributed by atoms with Crippen LogP contribution in [0.15, 0.2) is 28.7 Å². The van der Waals surface area contributed by atoms with Crippen molar-refractivity contribution in [1.29, 1.82) is 0 Å². The summed E-state index contributed by atoms with van der Waals surface area (Å²) < 4.78 is 5.38. The maximum Gasteiger partial charge on any atom is 0.138 e. The fourth-order valence-electron chi connectivity index (χ4n) is 1.43. The summed E-state index contributed by atoms with van der Waals surface area (Å²) in [7, 11) is 0. The largest absolute Gasteiger partial charge is 0.507 e. The number of hydrogen-bond acceptors (Lipinski definition) is 3. The number of rotatable bonds is 2. The molecule has 0 fully saturated rings. The molecule has 0 unspecified atom stereocenters. The van der Waals surface area contributed by atoms with Crippen LogP contribution in [0.1, 0.15) is 12.7 Å². The second-order valence-electron chi connectivity index (χ2n) is 3.28. The predicted molar refractivity (Wildman–Crippen MR) is 52.3 cm³/mol. The summed E-state index contributed by atoms with van der Waals surface area (Å²) in [5.41, 5.74) is 0.612. The Labute approximate surface area is 81.0 Å². The van der Waals surface area contributed by atoms with Crippen LogP contribution in [0.2, 0.25) is 0 Å². The number of ketones is 1. The quantitative estimate of drug-likeness (QED) is 0.790. The number of carbonyl (C=O) groups excluding carboxylic acids is 1. The number of furan rings is 1. The van der Waals surface area contributed by atoms with Crippen molar-refractivity contribution in [3.8, 4) is 5.75 Å². The molecular formula is C11H10O3. The van der Waals surface area contributed by atoms with Crippen molar-refractivity contribution in [2.24, 2.45) is 0 Å². The third kappa shape index (κ3) is 1.48. The Morgan fingerprint density at radius 3 is 2.93 bits per heavy atom. The van der Waals surface area contributed by atoms with Gasteiger partial charge in [0.2, 0.25) is 0 Å². The van der Waals surface area contributed by atoms with Crippen LogP contribution < -0.4 is 0 Å². The Hall–Kier alpha value is -1.77. The number of aromatic hydroxyl groups is 1. The van der Waals surface area contributed by atoms with Gasteiger partial charge in [0.05, 0.1) is 11.8 Å². The maximum absolute atomic E-state index is 10.9. The average molecular weight is 190 g/mol. The Morgan fingerprint density at radius 2 is 2.29 bits per heavy atom. The molecule has 1 aromatic heterocycles. The van der Waals surface area contributed by atoms with Crippen molar-refractivity contribution in [1.82, 2.24) is 0 Å². The van der Waals surface area contributed by atoms with E-state index in [2.05, 4.69) is 0 Å². The lowest BCUT2D eigenvalue weighted by Crippen LogP contribution is -1.93. The molecule has 3 heteroatoms. The van der Waals surface area contributed by atoms with Gasteiger partial charge in [-0.15, -0.1) is 0 Å². The highest BCUT2D eigenvalue weighted by atomic mass is 16.3. The fraction of sp³-hybridized carbons (Fsp3) is 0.182. The van der Waals surface area contributed by atoms with Gasteiger partial charge in [-0.3, -0.25) is 4.79 Å². The van der Waals surface area contributed by atoms with Gasteiger partial charge in [0.1, 0.15) is 22.9 Å². The molecule has 1 aromatic carbocycles. The van der Waals surface area contributed by atoms with Gasteiger partial charge >= 0.3 is 0 Å². The fourth-order valence-corrected chi connectivity index (χ4v) is 1.43. The van der Waals surface area contributed by atoms with Crippen LogP contribution in [0.3, 0.4) is 0 Å². The van der Waals surface area contributed by atoms with E-state index in [9.17, 15) is 9.90 Å². The van der Waals surface area contributed by atoms with Crippen LogP contribution in [0.4, 0.5) is 0 Å². The zero-order valence-corrected chi connectivity index (χ0v) is 7.78. The second-order valence-corrected chi connectivity index (χ2v) is 3.28. The van der Waals surface area contributed by atoms with E-state index in [1.807, 2.05) is 0 Å². The number of phenols is 1. The smallest absolute Gasteiger partial charge is 0.138 e. The summed E-state index contributed by atoms with van der Waals surface area (Å²) in [6, 6.07) is 6.76. The minimum atomic E-state index is 0.0449. The summed E-state index contributed by atoms with van der Waals surface area (Å²) in [6.45, 7) is 1.51. The first-order chi connectivity index (χ1) is 6.66. The van der Waals surface area contributed by atoms with Gasteiger partial charge < -0.3 is 9.52 Å². The van der Waals surface area contributed by atoms with Gasteiger partial charge in [-0.25, -0.2) is 0 Å². The number of Topliss-reactive ketones (excluding diaryl/α,β-unsaturated/α-hetero) is 1. The Bertz CT molecular complexity index is 482. The van der Waals surface area contributed by atoms with E-state index in [4.69, 9.17) is 4.42 Å². The molecule has 0 saturated carbocycles. The normalized spacial score (nSPS) is 10.6. The lowest BCUT2D eigenvalue weighted by atomic mass is 10.2. The van der Waals surface area contributed by atoms with Gasteiger partial charge in [-0.2, -0.15) is 0 Å². The van der Waals surface area contributed by atoms with E-state index in [0.717, 1.165) is 0 Å². The van der Waals surface area contributed by atoms with E-state index in [1.54, 1.807) is 24.3 Å². The third-order valence-corrected chi connectivity index (χ3v) is 2.01. The first-order valence-corrected chi connectivity index (χ1v) is 4.36. The molecule has 2 aromatic rings. The van der Waals surface area contributed by atoms with Gasteiger partial charge in [0, 0.05) is 0 Å². The number of phenolic OH excluding ortho intramolecular Hbond substituents is 1. The highest BCUT2D eigenvalue weighted by molar-refractivity contribution is 5.86. The van der Waals surface area contributed by atoms with Gasteiger partial charge in [-0.05, 0) is 25.1 Å². The standard InChI is InChI=1S/C11H10O3/c1-7(12)5-8-6-9-10(13)3-2-4-11(9)14-8/h2-4,6,13H,5H2,1H3. The summed E-state index contributed by atoms with van der Waals surface area (Å²) in [4.78, 5) is 10.9. The van der Waals surface area contributed by atoms with E-state index in [-0.39, 0.29) is 18.0 Å². The van der Waals surface area contributed by atoms with Crippen molar-refractivity contribution in [2.75, 3.05) is 0 Å². The minimum absolute atomic E-state index is 0.0449. The van der Waals surface area contributed by atoms with Crippen LogP contribution >= 0.6 is 0 Å². The molecule has 0 spiro atoms. The molecule has 0 amide bonds. The number of hydrogen-bond donors (Lipinski definition) is 1. The lowest BCUT2D eigenvalue weighted by Gasteiger charge is -1.89. The summed E-state index contributed by atoms with van der Waals surface area (Å²) in [5, 5.41) is 10.1. The monoisotopic (exact) mass is 190 g/mol. The van der Waals surface area contributed by atoms with Crippen LogP contribution in [0, 0.1) is 0 Å². The van der Waals surface area contributed by atoms with E-state index >= 15 is 0 Å². The second kappa shape index (κ2) is 3.18. The molecule has 72 valence electrons. The van der Waals surface area contributed by atoms with E-state index < -0.39 is 0 Å². The summed E-state index contributed by atoms with van der Waals surface area (Å²) in [6.07, 6.45) is 0.272. The van der Waals surface area contributed by atoms with Crippen LogP contribution in [-0.2, 0) is 11.2 Å². The van der Waals surface area contributed by atoms with Crippen molar-refractivity contribution >= 4 is 16.8 Å². The highest BCUT2D eigenvalue weighted by Gasteiger charge is 2.08. The summed E-state index contributed by atoms with van der Waals surface area (Å²) in [5.74, 6) is 0.818. The molecule has 1 heterocycles. The molecule has 0 bridgehead atoms. The molecule has 3 nitrogen and oxygen atoms in total. The summed E-state index contributed by atoms with van der Waals surface area (Å²) >= 11 is 0. The first kappa shape index (κ1) is 8.81. The molecule has 0 atom stereocenters. The maximum atomic E-state index is 10.9. The van der Waals surface area contributed by atoms with Crippen LogP contribution in [-0.4, -0.2) is 10.9 Å². The SMILES string of the molecule is CC(=O)Cc1cc2c(O)cccc2o1. The first-order valence-electron chi connectivity index (χ1n) is 4.36. The Morgan fingerprint density at radius 1 is 1.50 bits per heavy atom. The molecular weight excluding hydrogens is 180 g/mol. The lowest BCUT2D eigenvalue weighted by molar-refractivity contribution is -0.116.